The maximum Gasteiger partial charge on any atom is 0.220 e. The van der Waals surface area contributed by atoms with Crippen LogP contribution in [0.15, 0.2) is 30.0 Å². The summed E-state index contributed by atoms with van der Waals surface area (Å²) in [5.74, 6) is 0.142. The van der Waals surface area contributed by atoms with Crippen LogP contribution in [0, 0.1) is 0 Å². The standard InChI is InChI=1S/C11H12N2O/c14-11-5-4-9(8-13-11)7-10-3-1-2-6-12-10/h1-3,6-7H,4-5,8H2,(H,13,14). The van der Waals surface area contributed by atoms with E-state index in [-0.39, 0.29) is 5.91 Å². The number of aromatic nitrogens is 1. The van der Waals surface area contributed by atoms with Crippen LogP contribution in [0.4, 0.5) is 0 Å². The predicted octanol–water partition coefficient (Wildman–Crippen LogP) is 1.37. The summed E-state index contributed by atoms with van der Waals surface area (Å²) in [7, 11) is 0. The summed E-state index contributed by atoms with van der Waals surface area (Å²) >= 11 is 0. The normalized spacial score (nSPS) is 19.4. The van der Waals surface area contributed by atoms with Gasteiger partial charge in [-0.25, -0.2) is 0 Å². The molecule has 0 aliphatic carbocycles. The largest absolute Gasteiger partial charge is 0.352 e. The van der Waals surface area contributed by atoms with Crippen LogP contribution in [-0.2, 0) is 4.79 Å². The molecule has 1 fully saturated rings. The molecule has 1 aliphatic rings. The van der Waals surface area contributed by atoms with Gasteiger partial charge in [-0.05, 0) is 30.2 Å². The van der Waals surface area contributed by atoms with Crippen LogP contribution in [0.1, 0.15) is 18.5 Å². The molecule has 1 aromatic heterocycles. The first kappa shape index (κ1) is 8.94. The van der Waals surface area contributed by atoms with Crippen LogP contribution >= 0.6 is 0 Å². The van der Waals surface area contributed by atoms with E-state index in [4.69, 9.17) is 0 Å². The number of amides is 1. The lowest BCUT2D eigenvalue weighted by molar-refractivity contribution is -0.121. The number of hydrogen-bond donors (Lipinski definition) is 1. The summed E-state index contributed by atoms with van der Waals surface area (Å²) < 4.78 is 0. The summed E-state index contributed by atoms with van der Waals surface area (Å²) in [5, 5.41) is 2.82. The average molecular weight is 188 g/mol. The summed E-state index contributed by atoms with van der Waals surface area (Å²) in [5.41, 5.74) is 2.20. The molecule has 1 N–H and O–H groups in total. The maximum atomic E-state index is 10.9. The van der Waals surface area contributed by atoms with E-state index in [9.17, 15) is 4.79 Å². The van der Waals surface area contributed by atoms with Gasteiger partial charge in [-0.3, -0.25) is 9.78 Å². The van der Waals surface area contributed by atoms with Gasteiger partial charge in [0.2, 0.25) is 5.91 Å². The number of rotatable bonds is 1. The van der Waals surface area contributed by atoms with Gasteiger partial charge in [0.05, 0.1) is 5.69 Å². The highest BCUT2D eigenvalue weighted by molar-refractivity contribution is 5.78. The lowest BCUT2D eigenvalue weighted by Gasteiger charge is -2.14. The first-order chi connectivity index (χ1) is 6.84. The lowest BCUT2D eigenvalue weighted by Crippen LogP contribution is -2.30. The van der Waals surface area contributed by atoms with Crippen LogP contribution < -0.4 is 5.32 Å². The second kappa shape index (κ2) is 4.05. The summed E-state index contributed by atoms with van der Waals surface area (Å²) in [4.78, 5) is 15.1. The minimum atomic E-state index is 0.142. The van der Waals surface area contributed by atoms with Crippen molar-refractivity contribution in [2.75, 3.05) is 6.54 Å². The number of carbonyl (C=O) groups excluding carboxylic acids is 1. The number of piperidine rings is 1. The molecule has 2 heterocycles. The zero-order valence-corrected chi connectivity index (χ0v) is 7.86. The Kier molecular flexibility index (Phi) is 2.58. The molecule has 14 heavy (non-hydrogen) atoms. The van der Waals surface area contributed by atoms with Crippen molar-refractivity contribution in [3.05, 3.63) is 35.7 Å². The van der Waals surface area contributed by atoms with Crippen LogP contribution in [0.25, 0.3) is 6.08 Å². The first-order valence-corrected chi connectivity index (χ1v) is 4.72. The number of carbonyl (C=O) groups is 1. The molecule has 0 saturated carbocycles. The van der Waals surface area contributed by atoms with Crippen LogP contribution in [0.5, 0.6) is 0 Å². The number of hydrogen-bond acceptors (Lipinski definition) is 2. The van der Waals surface area contributed by atoms with Gasteiger partial charge in [0.25, 0.3) is 0 Å². The van der Waals surface area contributed by atoms with Gasteiger partial charge in [-0.1, -0.05) is 6.07 Å². The second-order valence-electron chi connectivity index (χ2n) is 3.33. The van der Waals surface area contributed by atoms with E-state index in [0.29, 0.717) is 13.0 Å². The van der Waals surface area contributed by atoms with Crippen LogP contribution in [-0.4, -0.2) is 17.4 Å². The van der Waals surface area contributed by atoms with Crippen molar-refractivity contribution in [2.24, 2.45) is 0 Å². The Morgan fingerprint density at radius 1 is 1.36 bits per heavy atom. The van der Waals surface area contributed by atoms with Crippen molar-refractivity contribution in [2.45, 2.75) is 12.8 Å². The molecule has 0 unspecified atom stereocenters. The van der Waals surface area contributed by atoms with E-state index in [1.165, 1.54) is 5.57 Å². The van der Waals surface area contributed by atoms with Gasteiger partial charge in [0, 0.05) is 19.2 Å². The molecular weight excluding hydrogens is 176 g/mol. The summed E-state index contributed by atoms with van der Waals surface area (Å²) in [6.45, 7) is 0.662. The topological polar surface area (TPSA) is 42.0 Å². The van der Waals surface area contributed by atoms with Gasteiger partial charge < -0.3 is 5.32 Å². The van der Waals surface area contributed by atoms with Crippen molar-refractivity contribution in [3.63, 3.8) is 0 Å². The van der Waals surface area contributed by atoms with Crippen molar-refractivity contribution >= 4 is 12.0 Å². The van der Waals surface area contributed by atoms with Crippen molar-refractivity contribution < 1.29 is 4.79 Å². The maximum absolute atomic E-state index is 10.9. The van der Waals surface area contributed by atoms with E-state index in [2.05, 4.69) is 10.3 Å². The molecule has 1 amide bonds. The fourth-order valence-corrected chi connectivity index (χ4v) is 1.46. The molecule has 0 bridgehead atoms. The zero-order valence-electron chi connectivity index (χ0n) is 7.86. The summed E-state index contributed by atoms with van der Waals surface area (Å²) in [6.07, 6.45) is 5.26. The molecule has 0 atom stereocenters. The molecule has 2 rings (SSSR count). The molecule has 0 radical (unpaired) electrons. The summed E-state index contributed by atoms with van der Waals surface area (Å²) in [6, 6.07) is 5.81. The average Bonchev–Trinajstić information content (AvgIpc) is 2.23. The molecule has 0 aromatic carbocycles. The van der Waals surface area contributed by atoms with Gasteiger partial charge in [-0.15, -0.1) is 0 Å². The Morgan fingerprint density at radius 3 is 2.93 bits per heavy atom. The Morgan fingerprint density at radius 2 is 2.29 bits per heavy atom. The first-order valence-electron chi connectivity index (χ1n) is 4.72. The molecule has 3 heteroatoms. The van der Waals surface area contributed by atoms with E-state index < -0.39 is 0 Å². The van der Waals surface area contributed by atoms with E-state index >= 15 is 0 Å². The molecule has 3 nitrogen and oxygen atoms in total. The van der Waals surface area contributed by atoms with Crippen molar-refractivity contribution in [1.29, 1.82) is 0 Å². The predicted molar refractivity (Wildman–Crippen MR) is 54.5 cm³/mol. The minimum absolute atomic E-state index is 0.142. The SMILES string of the molecule is O=C1CCC(=Cc2ccccn2)CN1. The van der Waals surface area contributed by atoms with Gasteiger partial charge in [-0.2, -0.15) is 0 Å². The molecule has 1 saturated heterocycles. The van der Waals surface area contributed by atoms with E-state index in [1.54, 1.807) is 6.20 Å². The monoisotopic (exact) mass is 188 g/mol. The van der Waals surface area contributed by atoms with E-state index in [1.807, 2.05) is 24.3 Å². The zero-order chi connectivity index (χ0) is 9.80. The third-order valence-electron chi connectivity index (χ3n) is 2.23. The highest BCUT2D eigenvalue weighted by Crippen LogP contribution is 2.12. The quantitative estimate of drug-likeness (QED) is 0.723. The second-order valence-corrected chi connectivity index (χ2v) is 3.33. The van der Waals surface area contributed by atoms with Crippen molar-refractivity contribution in [3.8, 4) is 0 Å². The van der Waals surface area contributed by atoms with Gasteiger partial charge in [0.1, 0.15) is 0 Å². The fraction of sp³-hybridized carbons (Fsp3) is 0.273. The Balaban J connectivity index is 2.08. The van der Waals surface area contributed by atoms with Crippen LogP contribution in [0.2, 0.25) is 0 Å². The number of pyridine rings is 1. The van der Waals surface area contributed by atoms with Crippen molar-refractivity contribution in [1.82, 2.24) is 10.3 Å². The Labute approximate surface area is 82.9 Å². The fourth-order valence-electron chi connectivity index (χ4n) is 1.46. The highest BCUT2D eigenvalue weighted by atomic mass is 16.1. The molecule has 0 spiro atoms. The van der Waals surface area contributed by atoms with E-state index in [0.717, 1.165) is 12.1 Å². The highest BCUT2D eigenvalue weighted by Gasteiger charge is 2.10. The molecular formula is C11H12N2O. The smallest absolute Gasteiger partial charge is 0.220 e. The number of nitrogens with one attached hydrogen (secondary N) is 1. The van der Waals surface area contributed by atoms with Gasteiger partial charge in [0.15, 0.2) is 0 Å². The minimum Gasteiger partial charge on any atom is -0.352 e. The third-order valence-corrected chi connectivity index (χ3v) is 2.23. The Bertz CT molecular complexity index is 345. The Hall–Kier alpha value is -1.64. The molecule has 1 aromatic rings. The van der Waals surface area contributed by atoms with Gasteiger partial charge >= 0.3 is 0 Å². The number of nitrogens with zero attached hydrogens (tertiary/aromatic N) is 1. The molecule has 72 valence electrons. The van der Waals surface area contributed by atoms with Crippen LogP contribution in [0.3, 0.4) is 0 Å². The molecule has 1 aliphatic heterocycles. The lowest BCUT2D eigenvalue weighted by atomic mass is 10.0. The third kappa shape index (κ3) is 2.19.